The number of fused-ring (bicyclic) bond motifs is 5. The van der Waals surface area contributed by atoms with Crippen LogP contribution in [-0.4, -0.2) is 9.55 Å². The average Bonchev–Trinajstić information content (AvgIpc) is 3.23. The number of halogens is 1. The van der Waals surface area contributed by atoms with Crippen molar-refractivity contribution in [2.24, 2.45) is 0 Å². The molecule has 0 fully saturated rings. The number of nitrogens with zero attached hydrogens (tertiary/aromatic N) is 2. The summed E-state index contributed by atoms with van der Waals surface area (Å²) < 4.78 is 2.85. The quantitative estimate of drug-likeness (QED) is 0.181. The second-order valence-corrected chi connectivity index (χ2v) is 10.9. The van der Waals surface area contributed by atoms with Crippen LogP contribution < -0.4 is 5.56 Å². The van der Waals surface area contributed by atoms with Gasteiger partial charge in [-0.2, -0.15) is 0 Å². The number of benzene rings is 3. The lowest BCUT2D eigenvalue weighted by molar-refractivity contribution is 0.819. The maximum Gasteiger partial charge on any atom is 0.267 e. The minimum Gasteiger partial charge on any atom is -0.268 e. The van der Waals surface area contributed by atoms with E-state index in [4.69, 9.17) is 4.98 Å². The van der Waals surface area contributed by atoms with E-state index in [1.54, 1.807) is 27.7 Å². The largest absolute Gasteiger partial charge is 0.268 e. The number of aryl methyl sites for hydroxylation is 2. The fourth-order valence-corrected chi connectivity index (χ4v) is 6.95. The third-order valence-corrected chi connectivity index (χ3v) is 8.69. The lowest BCUT2D eigenvalue weighted by atomic mass is 9.90. The average molecular weight is 532 g/mol. The fraction of sp³-hybridized carbons (Fsp3) is 0.111. The third-order valence-electron chi connectivity index (χ3n) is 6.00. The Morgan fingerprint density at radius 1 is 0.939 bits per heavy atom. The van der Waals surface area contributed by atoms with Crippen molar-refractivity contribution in [1.82, 2.24) is 9.55 Å². The van der Waals surface area contributed by atoms with Gasteiger partial charge in [0.2, 0.25) is 0 Å². The van der Waals surface area contributed by atoms with E-state index in [1.807, 2.05) is 42.5 Å². The van der Waals surface area contributed by atoms with E-state index in [0.29, 0.717) is 0 Å². The summed E-state index contributed by atoms with van der Waals surface area (Å²) in [5, 5.41) is 1.51. The highest BCUT2D eigenvalue weighted by Gasteiger charge is 2.25. The van der Waals surface area contributed by atoms with Crippen LogP contribution in [0.5, 0.6) is 0 Å². The lowest BCUT2D eigenvalue weighted by Crippen LogP contribution is -2.22. The van der Waals surface area contributed by atoms with Crippen LogP contribution in [0.15, 0.2) is 93.3 Å². The first-order valence-corrected chi connectivity index (χ1v) is 13.4. The SMILES string of the molecule is O=c1c2c3c(sc2nc(SCc2ccc(Br)cc2)n1-c1ccccc1)-c1ccccc1CC3. The van der Waals surface area contributed by atoms with Gasteiger partial charge in [-0.3, -0.25) is 9.36 Å². The van der Waals surface area contributed by atoms with E-state index in [-0.39, 0.29) is 5.56 Å². The molecule has 2 aromatic heterocycles. The molecule has 0 amide bonds. The summed E-state index contributed by atoms with van der Waals surface area (Å²) in [6.07, 6.45) is 1.84. The van der Waals surface area contributed by atoms with Crippen molar-refractivity contribution in [1.29, 1.82) is 0 Å². The van der Waals surface area contributed by atoms with Gasteiger partial charge in [-0.15, -0.1) is 11.3 Å². The van der Waals surface area contributed by atoms with Gasteiger partial charge < -0.3 is 0 Å². The van der Waals surface area contributed by atoms with Crippen molar-refractivity contribution in [3.63, 3.8) is 0 Å². The van der Waals surface area contributed by atoms with Crippen molar-refractivity contribution < 1.29 is 0 Å². The molecule has 0 atom stereocenters. The monoisotopic (exact) mass is 530 g/mol. The number of para-hydroxylation sites is 1. The van der Waals surface area contributed by atoms with E-state index in [0.717, 1.165) is 49.7 Å². The number of thioether (sulfide) groups is 1. The highest BCUT2D eigenvalue weighted by Crippen LogP contribution is 2.42. The summed E-state index contributed by atoms with van der Waals surface area (Å²) >= 11 is 6.76. The van der Waals surface area contributed by atoms with Gasteiger partial charge in [0, 0.05) is 15.1 Å². The van der Waals surface area contributed by atoms with Gasteiger partial charge in [0.1, 0.15) is 4.83 Å². The summed E-state index contributed by atoms with van der Waals surface area (Å²) in [5.41, 5.74) is 5.82. The molecule has 0 saturated carbocycles. The first-order valence-electron chi connectivity index (χ1n) is 10.8. The molecule has 0 spiro atoms. The molecule has 0 bridgehead atoms. The molecule has 162 valence electrons. The van der Waals surface area contributed by atoms with Crippen LogP contribution >= 0.6 is 39.0 Å². The second kappa shape index (κ2) is 8.60. The predicted octanol–water partition coefficient (Wildman–Crippen LogP) is 7.27. The zero-order valence-electron chi connectivity index (χ0n) is 17.6. The van der Waals surface area contributed by atoms with Gasteiger partial charge in [0.15, 0.2) is 5.16 Å². The van der Waals surface area contributed by atoms with Crippen LogP contribution in [0.4, 0.5) is 0 Å². The number of hydrogen-bond acceptors (Lipinski definition) is 4. The van der Waals surface area contributed by atoms with Crippen LogP contribution in [0.25, 0.3) is 26.3 Å². The van der Waals surface area contributed by atoms with E-state index in [9.17, 15) is 4.79 Å². The first-order chi connectivity index (χ1) is 16.2. The Morgan fingerprint density at radius 2 is 1.70 bits per heavy atom. The van der Waals surface area contributed by atoms with Crippen molar-refractivity contribution in [3.8, 4) is 16.1 Å². The molecule has 3 aromatic carbocycles. The highest BCUT2D eigenvalue weighted by molar-refractivity contribution is 9.10. The van der Waals surface area contributed by atoms with Crippen molar-refractivity contribution in [2.45, 2.75) is 23.8 Å². The Kier molecular flexibility index (Phi) is 5.45. The first kappa shape index (κ1) is 20.9. The van der Waals surface area contributed by atoms with Gasteiger partial charge >= 0.3 is 0 Å². The third kappa shape index (κ3) is 3.76. The predicted molar refractivity (Wildman–Crippen MR) is 142 cm³/mol. The zero-order chi connectivity index (χ0) is 22.4. The zero-order valence-corrected chi connectivity index (χ0v) is 20.8. The van der Waals surface area contributed by atoms with Crippen LogP contribution in [0.3, 0.4) is 0 Å². The molecule has 6 heteroatoms. The molecular weight excluding hydrogens is 512 g/mol. The molecule has 5 aromatic rings. The summed E-state index contributed by atoms with van der Waals surface area (Å²) in [6, 6.07) is 26.7. The van der Waals surface area contributed by atoms with Crippen LogP contribution in [0, 0.1) is 0 Å². The van der Waals surface area contributed by atoms with Gasteiger partial charge in [-0.05, 0) is 59.4 Å². The van der Waals surface area contributed by atoms with E-state index >= 15 is 0 Å². The van der Waals surface area contributed by atoms with Crippen LogP contribution in [0.1, 0.15) is 16.7 Å². The Balaban J connectivity index is 1.53. The second-order valence-electron chi connectivity index (χ2n) is 8.03. The van der Waals surface area contributed by atoms with E-state index < -0.39 is 0 Å². The molecule has 2 heterocycles. The smallest absolute Gasteiger partial charge is 0.267 e. The molecule has 3 nitrogen and oxygen atoms in total. The number of rotatable bonds is 4. The molecule has 6 rings (SSSR count). The normalized spacial score (nSPS) is 12.5. The van der Waals surface area contributed by atoms with Crippen LogP contribution in [0.2, 0.25) is 0 Å². The molecule has 0 N–H and O–H groups in total. The molecule has 0 radical (unpaired) electrons. The fourth-order valence-electron chi connectivity index (χ4n) is 4.39. The minimum atomic E-state index is 0.0291. The Morgan fingerprint density at radius 3 is 2.52 bits per heavy atom. The maximum absolute atomic E-state index is 14.0. The van der Waals surface area contributed by atoms with E-state index in [1.165, 1.54) is 21.6 Å². The molecule has 0 unspecified atom stereocenters. The number of aromatic nitrogens is 2. The van der Waals surface area contributed by atoms with Gasteiger partial charge in [0.05, 0.1) is 11.1 Å². The Hall–Kier alpha value is -2.67. The maximum atomic E-state index is 14.0. The van der Waals surface area contributed by atoms with Gasteiger partial charge in [-0.1, -0.05) is 82.3 Å². The standard InChI is InChI=1S/C27H19BrN2OS2/c28-19-13-10-17(11-14-19)16-32-27-29-25-23(26(31)30(27)20-7-2-1-3-8-20)22-15-12-18-6-4-5-9-21(18)24(22)33-25/h1-11,13-14H,12,15-16H2. The summed E-state index contributed by atoms with van der Waals surface area (Å²) in [6.45, 7) is 0. The number of hydrogen-bond donors (Lipinski definition) is 0. The van der Waals surface area contributed by atoms with Crippen LogP contribution in [-0.2, 0) is 18.6 Å². The Bertz CT molecular complexity index is 1540. The summed E-state index contributed by atoms with van der Waals surface area (Å²) in [5.74, 6) is 0.742. The Labute approximate surface area is 208 Å². The molecule has 0 aliphatic heterocycles. The summed E-state index contributed by atoms with van der Waals surface area (Å²) in [7, 11) is 0. The summed E-state index contributed by atoms with van der Waals surface area (Å²) in [4.78, 5) is 21.1. The molecule has 0 saturated heterocycles. The van der Waals surface area contributed by atoms with E-state index in [2.05, 4.69) is 52.3 Å². The van der Waals surface area contributed by atoms with Crippen molar-refractivity contribution in [2.75, 3.05) is 0 Å². The van der Waals surface area contributed by atoms with Gasteiger partial charge in [0.25, 0.3) is 5.56 Å². The molecular formula is C27H19BrN2OS2. The number of thiophene rings is 1. The van der Waals surface area contributed by atoms with Gasteiger partial charge in [-0.25, -0.2) is 4.98 Å². The van der Waals surface area contributed by atoms with Crippen molar-refractivity contribution >= 4 is 49.2 Å². The molecule has 1 aliphatic rings. The molecule has 33 heavy (non-hydrogen) atoms. The minimum absolute atomic E-state index is 0.0291. The van der Waals surface area contributed by atoms with Crippen molar-refractivity contribution in [3.05, 3.63) is 110 Å². The molecule has 1 aliphatic carbocycles. The lowest BCUT2D eigenvalue weighted by Gasteiger charge is -2.16. The topological polar surface area (TPSA) is 34.9 Å². The highest BCUT2D eigenvalue weighted by atomic mass is 79.9.